The van der Waals surface area contributed by atoms with Gasteiger partial charge in [-0.05, 0) is 63.2 Å². The molecular formula is C92H144N12NaO38+. The monoisotopic (exact) mass is 2050 g/mol. The number of hydrogen-bond acceptors (Lipinski definition) is 40. The van der Waals surface area contributed by atoms with E-state index >= 15 is 0 Å². The van der Waals surface area contributed by atoms with Crippen LogP contribution in [-0.4, -0.2) is 363 Å². The number of carbonyl (C=O) groups excluding carboxylic acids is 18. The molecule has 4 amide bonds. The Balaban J connectivity index is 0.000000960. The number of aliphatic imine (C=N–C) groups is 2. The van der Waals surface area contributed by atoms with Gasteiger partial charge in [0.05, 0.1) is 51.4 Å². The fourth-order valence-electron chi connectivity index (χ4n) is 15.8. The normalized spacial score (nSPS) is 21.2. The van der Waals surface area contributed by atoms with E-state index in [1.165, 1.54) is 23.6 Å². The number of hydrogen-bond donors (Lipinski definition) is 18. The topological polar surface area (TPSA) is 824 Å². The van der Waals surface area contributed by atoms with Crippen LogP contribution in [0.5, 0.6) is 0 Å². The predicted octanol–water partition coefficient (Wildman–Crippen LogP) is -6.37. The van der Waals surface area contributed by atoms with E-state index in [1.54, 1.807) is 27.7 Å². The van der Waals surface area contributed by atoms with Crippen molar-refractivity contribution >= 4 is 140 Å². The van der Waals surface area contributed by atoms with E-state index < -0.39 is 278 Å². The fraction of sp³-hybridized carbons (Fsp3) is 0.739. The van der Waals surface area contributed by atoms with Gasteiger partial charge in [0.1, 0.15) is 107 Å². The summed E-state index contributed by atoms with van der Waals surface area (Å²) in [5.74, 6) is -16.5. The van der Waals surface area contributed by atoms with Crippen molar-refractivity contribution in [3.63, 3.8) is 0 Å². The molecule has 0 aromatic rings. The van der Waals surface area contributed by atoms with Crippen molar-refractivity contribution in [3.05, 3.63) is 0 Å². The summed E-state index contributed by atoms with van der Waals surface area (Å²) in [5.41, 5.74) is 21.7. The molecule has 0 spiro atoms. The molecule has 800 valence electrons. The fourth-order valence-corrected chi connectivity index (χ4v) is 15.8. The Labute approximate surface area is 848 Å². The van der Waals surface area contributed by atoms with Crippen LogP contribution in [0.2, 0.25) is 0 Å². The summed E-state index contributed by atoms with van der Waals surface area (Å²) in [4.78, 5) is 275. The van der Waals surface area contributed by atoms with E-state index in [2.05, 4.69) is 30.9 Å². The minimum absolute atomic E-state index is 0. The molecular weight excluding hydrogens is 1900 g/mol. The average molecular weight is 2050 g/mol. The van der Waals surface area contributed by atoms with E-state index in [4.69, 9.17) is 61.8 Å². The summed E-state index contributed by atoms with van der Waals surface area (Å²) in [6.45, 7) is 6.20. The first-order valence-electron chi connectivity index (χ1n) is 47.5. The van der Waals surface area contributed by atoms with Gasteiger partial charge in [-0.15, -0.1) is 0 Å². The Morgan fingerprint density at radius 2 is 0.692 bits per heavy atom. The number of rotatable bonds is 70. The van der Waals surface area contributed by atoms with Gasteiger partial charge in [-0.1, -0.05) is 38.0 Å². The van der Waals surface area contributed by atoms with Crippen molar-refractivity contribution in [1.82, 2.24) is 20.4 Å². The smallest absolute Gasteiger partial charge is 0.481 e. The van der Waals surface area contributed by atoms with Gasteiger partial charge in [-0.25, -0.2) is 0 Å². The summed E-state index contributed by atoms with van der Waals surface area (Å²) in [7, 11) is 0. The number of amides is 4. The number of aliphatic hydroxyl groups excluding tert-OH is 10. The third kappa shape index (κ3) is 48.6. The second kappa shape index (κ2) is 68.2. The molecule has 0 radical (unpaired) electrons. The number of carboxylic acid groups (broad SMARTS) is 2. The van der Waals surface area contributed by atoms with E-state index in [0.29, 0.717) is 12.8 Å². The third-order valence-electron chi connectivity index (χ3n) is 24.2. The zero-order chi connectivity index (χ0) is 107. The van der Waals surface area contributed by atoms with Gasteiger partial charge >= 0.3 is 41.5 Å². The molecule has 0 saturated carbocycles. The molecule has 4 rings (SSSR count). The number of carboxylic acids is 2. The van der Waals surface area contributed by atoms with Crippen molar-refractivity contribution in [1.29, 1.82) is 0 Å². The molecule has 4 saturated heterocycles. The second-order valence-electron chi connectivity index (χ2n) is 36.1. The number of guanidine groups is 2. The molecule has 0 aromatic heterocycles. The molecule has 143 heavy (non-hydrogen) atoms. The van der Waals surface area contributed by atoms with E-state index in [0.717, 1.165) is 0 Å². The Morgan fingerprint density at radius 3 is 0.993 bits per heavy atom. The number of nitrogens with one attached hydrogen (secondary N) is 2. The van der Waals surface area contributed by atoms with Crippen molar-refractivity contribution < 1.29 is 215 Å². The van der Waals surface area contributed by atoms with Gasteiger partial charge in [-0.3, -0.25) is 106 Å². The van der Waals surface area contributed by atoms with Crippen molar-refractivity contribution in [2.24, 2.45) is 78.7 Å². The van der Waals surface area contributed by atoms with E-state index in [-0.39, 0.29) is 271 Å². The zero-order valence-corrected chi connectivity index (χ0v) is 84.2. The molecule has 4 heterocycles. The van der Waals surface area contributed by atoms with E-state index in [1.807, 2.05) is 0 Å². The van der Waals surface area contributed by atoms with Crippen molar-refractivity contribution in [3.8, 4) is 0 Å². The van der Waals surface area contributed by atoms with Crippen molar-refractivity contribution in [2.45, 2.75) is 333 Å². The average Bonchev–Trinajstić information content (AvgIpc) is 1.78. The first-order chi connectivity index (χ1) is 67.0. The number of nitrogens with two attached hydrogens (primary N) is 4. The Bertz CT molecular complexity index is 4120. The van der Waals surface area contributed by atoms with Crippen molar-refractivity contribution in [2.75, 3.05) is 65.8 Å². The Morgan fingerprint density at radius 1 is 0.392 bits per heavy atom. The molecule has 51 heteroatoms. The predicted molar refractivity (Wildman–Crippen MR) is 495 cm³/mol. The summed E-state index contributed by atoms with van der Waals surface area (Å²) in [6, 6.07) is -4.13. The van der Waals surface area contributed by atoms with Crippen LogP contribution in [0.25, 0.3) is 0 Å². The van der Waals surface area contributed by atoms with Crippen LogP contribution in [0, 0.1) is 35.5 Å². The molecule has 4 aliphatic heterocycles. The number of likely N-dealkylation sites (tertiary alicyclic amines) is 2. The SMILES string of the molecule is C/C(=N\OCC(=O)CCC(=O)CCC(=O)N1CCCC1C(=O)NC(CCCN=C(N)N)C(=O)CCC(=O)CCC(=O)CC(CO)C(=O)CC(C(=O)CCC(=O)O)C(C)C)OC1C(O)OC(CO)C(O)C1O.C/C(=N\OCC(=O)CCC(=O)CCC(=O)N1CCCC1C(=O)NC(CCCN=C(N)N)C(=O)CCC(=O)CCC(=O)CC(CO)C(=O)CC(C(=O)CCC(=O)O)C(C)C)OC1C(O)OC(CO)C(O)C1O.[Na+]. The van der Waals surface area contributed by atoms with Crippen LogP contribution in [0.4, 0.5) is 0 Å². The van der Waals surface area contributed by atoms with Gasteiger partial charge in [0, 0.05) is 205 Å². The minimum atomic E-state index is -1.72. The van der Waals surface area contributed by atoms with Crippen LogP contribution in [0.1, 0.15) is 247 Å². The number of aliphatic hydroxyl groups is 10. The molecule has 4 aliphatic rings. The van der Waals surface area contributed by atoms with Crippen LogP contribution in [0.3, 0.4) is 0 Å². The van der Waals surface area contributed by atoms with Gasteiger partial charge < -0.3 is 133 Å². The maximum Gasteiger partial charge on any atom is 1.00 e. The first-order valence-corrected chi connectivity index (χ1v) is 47.5. The molecule has 50 nitrogen and oxygen atoms in total. The van der Waals surface area contributed by atoms with Gasteiger partial charge in [0.2, 0.25) is 35.4 Å². The van der Waals surface area contributed by atoms with Gasteiger partial charge in [0.25, 0.3) is 0 Å². The van der Waals surface area contributed by atoms with Gasteiger partial charge in [-0.2, -0.15) is 0 Å². The Hall–Kier alpha value is -10.2. The summed E-state index contributed by atoms with van der Waals surface area (Å²) < 4.78 is 20.5. The minimum Gasteiger partial charge on any atom is -0.481 e. The standard InChI is InChI=1S/2C46H72N6O19.Na/c2*1-25(2)32(35(59)15-17-40(63)64)21-37(61)27(22-53)20-30(57)10-8-28(55)12-14-36(60)33(6-4-18-49-46(47)48)50-44(67)34-7-5-19-52(34)39(62)16-13-29(56)9-11-31(58)24-69-51-26(3)70-43-42(66)41(65)38(23-54)71-45(43)68;/h2*25,27,32-34,38,41-43,45,53-54,65-66,68H,4-24H2,1-3H3,(H,50,67)(H,63,64)(H4,47,48,49);/q;;+1/b2*51-26+;. The van der Waals surface area contributed by atoms with E-state index in [9.17, 15) is 147 Å². The van der Waals surface area contributed by atoms with Crippen LogP contribution >= 0.6 is 0 Å². The molecule has 18 atom stereocenters. The summed E-state index contributed by atoms with van der Waals surface area (Å²) >= 11 is 0. The molecule has 22 N–H and O–H groups in total. The molecule has 0 bridgehead atoms. The number of aliphatic carboxylic acids is 2. The number of nitrogens with zero attached hydrogens (tertiary/aromatic N) is 6. The molecule has 0 aromatic carbocycles. The maximum atomic E-state index is 13.6. The Kier molecular flexibility index (Phi) is 61.5. The van der Waals surface area contributed by atoms with Crippen LogP contribution < -0.4 is 63.1 Å². The second-order valence-corrected chi connectivity index (χ2v) is 36.1. The largest absolute Gasteiger partial charge is 1.00 e. The van der Waals surface area contributed by atoms with Crippen LogP contribution in [-0.2, 0) is 125 Å². The number of oxime groups is 2. The zero-order valence-electron chi connectivity index (χ0n) is 82.2. The number of ether oxygens (including phenoxy) is 4. The number of Topliss-reactive ketones (excluding diaryl/α,β-unsaturated/α-hetero) is 14. The molecule has 0 aliphatic carbocycles. The molecule has 18 unspecified atom stereocenters. The summed E-state index contributed by atoms with van der Waals surface area (Å²) in [6.07, 6.45) is -20.0. The van der Waals surface area contributed by atoms with Crippen LogP contribution in [0.15, 0.2) is 20.3 Å². The number of ketones is 14. The third-order valence-corrected chi connectivity index (χ3v) is 24.2. The quantitative estimate of drug-likeness (QED) is 0.00885. The summed E-state index contributed by atoms with van der Waals surface area (Å²) in [5, 5.41) is 129. The van der Waals surface area contributed by atoms with Gasteiger partial charge in [0.15, 0.2) is 73.1 Å². The number of carbonyl (C=O) groups is 20. The first kappa shape index (κ1) is 129. The maximum absolute atomic E-state index is 13.6. The molecule has 4 fully saturated rings.